The highest BCUT2D eigenvalue weighted by Gasteiger charge is 2.24. The van der Waals surface area contributed by atoms with E-state index in [0.29, 0.717) is 17.8 Å². The van der Waals surface area contributed by atoms with Crippen molar-refractivity contribution >= 4 is 0 Å². The van der Waals surface area contributed by atoms with Gasteiger partial charge in [-0.25, -0.2) is 0 Å². The number of rotatable bonds is 3. The Hall–Kier alpha value is -2.10. The van der Waals surface area contributed by atoms with Crippen molar-refractivity contribution in [2.24, 2.45) is 0 Å². The van der Waals surface area contributed by atoms with Gasteiger partial charge in [-0.2, -0.15) is 4.98 Å². The van der Waals surface area contributed by atoms with Crippen molar-refractivity contribution in [1.82, 2.24) is 9.97 Å². The molecule has 0 amide bonds. The Morgan fingerprint density at radius 3 is 2.76 bits per heavy atom. The minimum absolute atomic E-state index is 0.0895. The maximum atomic E-state index is 12.2. The fraction of sp³-hybridized carbons (Fsp3) is 0.412. The first kappa shape index (κ1) is 13.9. The smallest absolute Gasteiger partial charge is 0.258 e. The molecular weight excluding hydrogens is 264 g/mol. The normalized spacial score (nSPS) is 15.5. The Morgan fingerprint density at radius 1 is 1.33 bits per heavy atom. The van der Waals surface area contributed by atoms with Gasteiger partial charge in [0.05, 0.1) is 5.56 Å². The molecule has 0 radical (unpaired) electrons. The van der Waals surface area contributed by atoms with E-state index in [1.165, 1.54) is 5.56 Å². The van der Waals surface area contributed by atoms with Crippen LogP contribution in [0.4, 0.5) is 0 Å². The molecule has 1 aliphatic rings. The van der Waals surface area contributed by atoms with Gasteiger partial charge in [0.15, 0.2) is 0 Å². The summed E-state index contributed by atoms with van der Waals surface area (Å²) >= 11 is 0. The molecule has 0 bridgehead atoms. The second-order valence-electron chi connectivity index (χ2n) is 5.90. The molecule has 3 rings (SSSR count). The average molecular weight is 284 g/mol. The molecular formula is C17H20N2O2. The standard InChI is InChI=1S/C17H20N2O2/c1-11-5-4-6-12(9-11)10-14-18-16(20)15(17(21)19-14)13-7-2-3-8-13/h4-6,9,13H,2-3,7-8,10H2,1H3,(H2,18,19,20,21). The largest absolute Gasteiger partial charge is 0.493 e. The summed E-state index contributed by atoms with van der Waals surface area (Å²) in [5, 5.41) is 10.1. The third-order valence-corrected chi connectivity index (χ3v) is 4.20. The molecule has 2 N–H and O–H groups in total. The van der Waals surface area contributed by atoms with Crippen molar-refractivity contribution in [2.75, 3.05) is 0 Å². The first-order valence-electron chi connectivity index (χ1n) is 7.51. The van der Waals surface area contributed by atoms with Gasteiger partial charge in [-0.15, -0.1) is 0 Å². The van der Waals surface area contributed by atoms with Gasteiger partial charge in [0.25, 0.3) is 5.56 Å². The van der Waals surface area contributed by atoms with Crippen molar-refractivity contribution in [3.05, 3.63) is 57.1 Å². The maximum Gasteiger partial charge on any atom is 0.258 e. The van der Waals surface area contributed by atoms with Crippen LogP contribution >= 0.6 is 0 Å². The Labute approximate surface area is 123 Å². The molecule has 110 valence electrons. The summed E-state index contributed by atoms with van der Waals surface area (Å²) in [5.41, 5.74) is 2.53. The van der Waals surface area contributed by atoms with Crippen LogP contribution in [-0.2, 0) is 6.42 Å². The van der Waals surface area contributed by atoms with Crippen LogP contribution in [-0.4, -0.2) is 15.1 Å². The van der Waals surface area contributed by atoms with E-state index in [2.05, 4.69) is 16.0 Å². The van der Waals surface area contributed by atoms with E-state index in [-0.39, 0.29) is 17.4 Å². The van der Waals surface area contributed by atoms with E-state index in [9.17, 15) is 9.90 Å². The first-order chi connectivity index (χ1) is 10.1. The van der Waals surface area contributed by atoms with Crippen LogP contribution in [0.15, 0.2) is 29.1 Å². The lowest BCUT2D eigenvalue weighted by Crippen LogP contribution is -2.19. The van der Waals surface area contributed by atoms with E-state index < -0.39 is 0 Å². The molecule has 0 aliphatic heterocycles. The Balaban J connectivity index is 1.89. The van der Waals surface area contributed by atoms with Crippen LogP contribution in [0.5, 0.6) is 5.88 Å². The number of aromatic amines is 1. The van der Waals surface area contributed by atoms with Crippen molar-refractivity contribution in [3.63, 3.8) is 0 Å². The topological polar surface area (TPSA) is 66.0 Å². The third-order valence-electron chi connectivity index (χ3n) is 4.20. The Kier molecular flexibility index (Phi) is 3.78. The number of aromatic hydroxyl groups is 1. The van der Waals surface area contributed by atoms with E-state index >= 15 is 0 Å². The van der Waals surface area contributed by atoms with Crippen LogP contribution in [0.2, 0.25) is 0 Å². The second-order valence-corrected chi connectivity index (χ2v) is 5.90. The van der Waals surface area contributed by atoms with E-state index in [4.69, 9.17) is 0 Å². The quantitative estimate of drug-likeness (QED) is 0.910. The molecule has 1 aliphatic carbocycles. The molecule has 0 spiro atoms. The molecule has 21 heavy (non-hydrogen) atoms. The van der Waals surface area contributed by atoms with Crippen LogP contribution < -0.4 is 5.56 Å². The van der Waals surface area contributed by atoms with Gasteiger partial charge in [0, 0.05) is 6.42 Å². The minimum atomic E-state index is -0.183. The minimum Gasteiger partial charge on any atom is -0.493 e. The van der Waals surface area contributed by atoms with Gasteiger partial charge >= 0.3 is 0 Å². The van der Waals surface area contributed by atoms with Crippen LogP contribution in [0.1, 0.15) is 54.1 Å². The number of H-pyrrole nitrogens is 1. The predicted octanol–water partition coefficient (Wildman–Crippen LogP) is 3.03. The lowest BCUT2D eigenvalue weighted by atomic mass is 10.00. The fourth-order valence-corrected chi connectivity index (χ4v) is 3.20. The maximum absolute atomic E-state index is 12.2. The Morgan fingerprint density at radius 2 is 2.10 bits per heavy atom. The van der Waals surface area contributed by atoms with Gasteiger partial charge in [0.2, 0.25) is 5.88 Å². The molecule has 4 nitrogen and oxygen atoms in total. The average Bonchev–Trinajstić information content (AvgIpc) is 2.91. The molecule has 0 saturated heterocycles. The molecule has 1 saturated carbocycles. The van der Waals surface area contributed by atoms with Gasteiger partial charge < -0.3 is 10.1 Å². The van der Waals surface area contributed by atoms with Gasteiger partial charge in [-0.05, 0) is 31.2 Å². The summed E-state index contributed by atoms with van der Waals surface area (Å²) in [5.74, 6) is 0.590. The summed E-state index contributed by atoms with van der Waals surface area (Å²) in [6.07, 6.45) is 4.70. The number of nitrogens with one attached hydrogen (secondary N) is 1. The number of hydrogen-bond acceptors (Lipinski definition) is 3. The van der Waals surface area contributed by atoms with Crippen LogP contribution in [0, 0.1) is 6.92 Å². The highest BCUT2D eigenvalue weighted by Crippen LogP contribution is 2.35. The molecule has 0 atom stereocenters. The van der Waals surface area contributed by atoms with E-state index in [0.717, 1.165) is 31.2 Å². The zero-order valence-electron chi connectivity index (χ0n) is 12.2. The van der Waals surface area contributed by atoms with E-state index in [1.807, 2.05) is 25.1 Å². The van der Waals surface area contributed by atoms with E-state index in [1.54, 1.807) is 0 Å². The summed E-state index contributed by atoms with van der Waals surface area (Å²) in [6, 6.07) is 8.06. The predicted molar refractivity (Wildman–Crippen MR) is 81.7 cm³/mol. The lowest BCUT2D eigenvalue weighted by molar-refractivity contribution is 0.432. The lowest BCUT2D eigenvalue weighted by Gasteiger charge is -2.11. The molecule has 1 heterocycles. The Bertz CT molecular complexity index is 700. The SMILES string of the molecule is Cc1cccc(Cc2nc(O)c(C3CCCC3)c(=O)[nH]2)c1. The monoisotopic (exact) mass is 284 g/mol. The number of nitrogens with zero attached hydrogens (tertiary/aromatic N) is 1. The van der Waals surface area contributed by atoms with Gasteiger partial charge in [-0.1, -0.05) is 42.7 Å². The zero-order valence-corrected chi connectivity index (χ0v) is 12.2. The number of aromatic nitrogens is 2. The van der Waals surface area contributed by atoms with Gasteiger partial charge in [-0.3, -0.25) is 4.79 Å². The first-order valence-corrected chi connectivity index (χ1v) is 7.51. The van der Waals surface area contributed by atoms with Crippen molar-refractivity contribution in [3.8, 4) is 5.88 Å². The summed E-state index contributed by atoms with van der Waals surface area (Å²) < 4.78 is 0. The third kappa shape index (κ3) is 2.99. The number of aryl methyl sites for hydroxylation is 1. The molecule has 2 aromatic rings. The summed E-state index contributed by atoms with van der Waals surface area (Å²) in [7, 11) is 0. The van der Waals surface area contributed by atoms with Gasteiger partial charge in [0.1, 0.15) is 5.82 Å². The second kappa shape index (κ2) is 5.72. The van der Waals surface area contributed by atoms with Crippen LogP contribution in [0.25, 0.3) is 0 Å². The number of hydrogen-bond donors (Lipinski definition) is 2. The van der Waals surface area contributed by atoms with Crippen molar-refractivity contribution in [2.45, 2.75) is 44.9 Å². The van der Waals surface area contributed by atoms with Crippen molar-refractivity contribution in [1.29, 1.82) is 0 Å². The molecule has 0 unspecified atom stereocenters. The number of benzene rings is 1. The highest BCUT2D eigenvalue weighted by molar-refractivity contribution is 5.30. The molecule has 1 aromatic heterocycles. The van der Waals surface area contributed by atoms with Crippen molar-refractivity contribution < 1.29 is 5.11 Å². The molecule has 4 heteroatoms. The zero-order chi connectivity index (χ0) is 14.8. The molecule has 1 fully saturated rings. The van der Waals surface area contributed by atoms with Crippen LogP contribution in [0.3, 0.4) is 0 Å². The fourth-order valence-electron chi connectivity index (χ4n) is 3.20. The molecule has 1 aromatic carbocycles. The summed E-state index contributed by atoms with van der Waals surface area (Å²) in [6.45, 7) is 2.03. The summed E-state index contributed by atoms with van der Waals surface area (Å²) in [4.78, 5) is 19.3. The highest BCUT2D eigenvalue weighted by atomic mass is 16.3.